The molecule has 7 heteroatoms. The van der Waals surface area contributed by atoms with E-state index in [0.717, 1.165) is 25.3 Å². The number of hydrogen-bond donors (Lipinski definition) is 3. The average Bonchev–Trinajstić information content (AvgIpc) is 2.63. The Morgan fingerprint density at radius 1 is 0.875 bits per heavy atom. The van der Waals surface area contributed by atoms with Gasteiger partial charge in [-0.25, -0.2) is 0 Å². The molecule has 0 radical (unpaired) electrons. The van der Waals surface area contributed by atoms with E-state index >= 15 is 0 Å². The summed E-state index contributed by atoms with van der Waals surface area (Å²) in [5, 5.41) is 22.3. The zero-order chi connectivity index (χ0) is 17.7. The van der Waals surface area contributed by atoms with Crippen LogP contribution in [0.25, 0.3) is 0 Å². The molecule has 0 atom stereocenters. The van der Waals surface area contributed by atoms with Crippen LogP contribution < -0.4 is 5.32 Å². The molecule has 0 aromatic heterocycles. The summed E-state index contributed by atoms with van der Waals surface area (Å²) in [6.07, 6.45) is 2.10. The van der Waals surface area contributed by atoms with E-state index in [-0.39, 0.29) is 19.8 Å². The highest BCUT2D eigenvalue weighted by Gasteiger charge is 1.92. The largest absolute Gasteiger partial charge is 0.396 e. The van der Waals surface area contributed by atoms with Gasteiger partial charge in [0.1, 0.15) is 0 Å². The molecule has 138 valence electrons. The number of nitrogens with one attached hydrogen (secondary N) is 1. The Labute approximate surface area is 144 Å². The first kappa shape index (κ1) is 22.5. The van der Waals surface area contributed by atoms with Crippen molar-refractivity contribution >= 4 is 5.69 Å². The number of nitrogens with zero attached hydrogens (tertiary/aromatic N) is 1. The smallest absolute Gasteiger partial charge is 0.0833 e. The molecule has 0 aliphatic heterocycles. The molecule has 0 heterocycles. The second kappa shape index (κ2) is 19.5. The molecule has 0 saturated carbocycles. The number of para-hydroxylation sites is 1. The van der Waals surface area contributed by atoms with E-state index in [1.165, 1.54) is 0 Å². The first-order valence-electron chi connectivity index (χ1n) is 8.30. The van der Waals surface area contributed by atoms with E-state index < -0.39 is 0 Å². The van der Waals surface area contributed by atoms with Gasteiger partial charge in [0.15, 0.2) is 0 Å². The normalized spacial score (nSPS) is 9.92. The van der Waals surface area contributed by atoms with Crippen molar-refractivity contribution in [2.75, 3.05) is 58.0 Å². The Morgan fingerprint density at radius 3 is 2.08 bits per heavy atom. The predicted molar refractivity (Wildman–Crippen MR) is 95.3 cm³/mol. The Kier molecular flexibility index (Phi) is 18.3. The van der Waals surface area contributed by atoms with Crippen LogP contribution in [0.5, 0.6) is 0 Å². The SMILES string of the molecule is O=NCCCO.OCCCOCCCOCCNc1ccccc1. The van der Waals surface area contributed by atoms with Gasteiger partial charge in [-0.15, -0.1) is 0 Å². The predicted octanol–water partition coefficient (Wildman–Crippen LogP) is 2.04. The molecule has 0 bridgehead atoms. The zero-order valence-electron chi connectivity index (χ0n) is 14.2. The number of rotatable bonds is 14. The van der Waals surface area contributed by atoms with Gasteiger partial charge in [-0.3, -0.25) is 0 Å². The van der Waals surface area contributed by atoms with Crippen molar-refractivity contribution in [2.24, 2.45) is 5.18 Å². The Balaban J connectivity index is 0.000000754. The molecule has 0 aliphatic carbocycles. The van der Waals surface area contributed by atoms with Gasteiger partial charge >= 0.3 is 0 Å². The lowest BCUT2D eigenvalue weighted by Crippen LogP contribution is -2.11. The highest BCUT2D eigenvalue weighted by molar-refractivity contribution is 5.42. The number of aliphatic hydroxyl groups is 2. The minimum absolute atomic E-state index is 0.0613. The first-order valence-corrected chi connectivity index (χ1v) is 8.30. The lowest BCUT2D eigenvalue weighted by molar-refractivity contribution is 0.0794. The molecule has 1 aromatic carbocycles. The molecule has 1 aromatic rings. The first-order chi connectivity index (χ1) is 11.8. The third kappa shape index (κ3) is 16.8. The molecule has 0 unspecified atom stereocenters. The molecule has 7 nitrogen and oxygen atoms in total. The standard InChI is InChI=1S/C14H23NO3.C3H7NO2/c16-9-4-10-17-11-5-12-18-13-8-15-14-6-2-1-3-7-14;5-3-1-2-4-6/h1-3,6-7,15-16H,4-5,8-13H2;5H,1-3H2. The molecule has 24 heavy (non-hydrogen) atoms. The highest BCUT2D eigenvalue weighted by Crippen LogP contribution is 2.03. The van der Waals surface area contributed by atoms with Crippen molar-refractivity contribution in [1.82, 2.24) is 0 Å². The van der Waals surface area contributed by atoms with Gasteiger partial charge in [-0.2, -0.15) is 4.91 Å². The van der Waals surface area contributed by atoms with Gasteiger partial charge in [-0.05, 0) is 31.4 Å². The van der Waals surface area contributed by atoms with Crippen molar-refractivity contribution in [1.29, 1.82) is 0 Å². The Hall–Kier alpha value is -1.54. The molecule has 0 amide bonds. The summed E-state index contributed by atoms with van der Waals surface area (Å²) in [6, 6.07) is 10.1. The van der Waals surface area contributed by atoms with Crippen molar-refractivity contribution in [2.45, 2.75) is 19.3 Å². The van der Waals surface area contributed by atoms with E-state index in [0.29, 0.717) is 32.7 Å². The van der Waals surface area contributed by atoms with Crippen LogP contribution in [-0.4, -0.2) is 62.9 Å². The third-order valence-electron chi connectivity index (χ3n) is 2.78. The molecular weight excluding hydrogens is 312 g/mol. The fourth-order valence-electron chi connectivity index (χ4n) is 1.59. The fourth-order valence-corrected chi connectivity index (χ4v) is 1.59. The molecule has 0 fully saturated rings. The molecular formula is C17H30N2O5. The topological polar surface area (TPSA) is 100 Å². The molecule has 0 saturated heterocycles. The van der Waals surface area contributed by atoms with Crippen LogP contribution in [-0.2, 0) is 9.47 Å². The van der Waals surface area contributed by atoms with Gasteiger partial charge < -0.3 is 25.0 Å². The monoisotopic (exact) mass is 342 g/mol. The van der Waals surface area contributed by atoms with E-state index in [4.69, 9.17) is 19.7 Å². The fraction of sp³-hybridized carbons (Fsp3) is 0.647. The van der Waals surface area contributed by atoms with Crippen molar-refractivity contribution in [3.05, 3.63) is 35.2 Å². The second-order valence-electron chi connectivity index (χ2n) is 4.88. The van der Waals surface area contributed by atoms with E-state index in [9.17, 15) is 4.91 Å². The number of anilines is 1. The van der Waals surface area contributed by atoms with Crippen LogP contribution in [0.3, 0.4) is 0 Å². The van der Waals surface area contributed by atoms with Gasteiger partial charge in [0.2, 0.25) is 0 Å². The van der Waals surface area contributed by atoms with E-state index in [2.05, 4.69) is 10.5 Å². The van der Waals surface area contributed by atoms with Crippen molar-refractivity contribution < 1.29 is 19.7 Å². The summed E-state index contributed by atoms with van der Waals surface area (Å²) in [4.78, 5) is 9.20. The maximum Gasteiger partial charge on any atom is 0.0833 e. The summed E-state index contributed by atoms with van der Waals surface area (Å²) in [6.45, 7) is 4.05. The zero-order valence-corrected chi connectivity index (χ0v) is 14.2. The van der Waals surface area contributed by atoms with Gasteiger partial charge in [0, 0.05) is 45.3 Å². The highest BCUT2D eigenvalue weighted by atomic mass is 16.5. The maximum atomic E-state index is 9.20. The number of nitroso groups, excluding NO2 is 1. The quantitative estimate of drug-likeness (QED) is 0.353. The number of ether oxygens (including phenoxy) is 2. The van der Waals surface area contributed by atoms with Gasteiger partial charge in [0.05, 0.1) is 13.2 Å². The molecule has 0 aliphatic rings. The average molecular weight is 342 g/mol. The second-order valence-corrected chi connectivity index (χ2v) is 4.88. The summed E-state index contributed by atoms with van der Waals surface area (Å²) in [7, 11) is 0. The summed E-state index contributed by atoms with van der Waals surface area (Å²) in [5.74, 6) is 0. The van der Waals surface area contributed by atoms with E-state index in [1.54, 1.807) is 0 Å². The molecule has 0 spiro atoms. The maximum absolute atomic E-state index is 9.20. The molecule has 3 N–H and O–H groups in total. The summed E-state index contributed by atoms with van der Waals surface area (Å²) in [5.41, 5.74) is 1.12. The minimum Gasteiger partial charge on any atom is -0.396 e. The van der Waals surface area contributed by atoms with Crippen LogP contribution >= 0.6 is 0 Å². The number of hydrogen-bond acceptors (Lipinski definition) is 7. The Bertz CT molecular complexity index is 365. The van der Waals surface area contributed by atoms with Crippen LogP contribution in [0.4, 0.5) is 5.69 Å². The van der Waals surface area contributed by atoms with Gasteiger partial charge in [0.25, 0.3) is 0 Å². The Morgan fingerprint density at radius 2 is 1.50 bits per heavy atom. The number of aliphatic hydroxyl groups excluding tert-OH is 2. The van der Waals surface area contributed by atoms with E-state index in [1.807, 2.05) is 30.3 Å². The lowest BCUT2D eigenvalue weighted by Gasteiger charge is -2.07. The number of benzene rings is 1. The van der Waals surface area contributed by atoms with Crippen molar-refractivity contribution in [3.63, 3.8) is 0 Å². The summed E-state index contributed by atoms with van der Waals surface area (Å²) >= 11 is 0. The minimum atomic E-state index is 0.0613. The van der Waals surface area contributed by atoms with Crippen LogP contribution in [0.1, 0.15) is 19.3 Å². The van der Waals surface area contributed by atoms with Gasteiger partial charge in [-0.1, -0.05) is 23.4 Å². The third-order valence-corrected chi connectivity index (χ3v) is 2.78. The molecule has 1 rings (SSSR count). The van der Waals surface area contributed by atoms with Crippen molar-refractivity contribution in [3.8, 4) is 0 Å². The van der Waals surface area contributed by atoms with Crippen LogP contribution in [0, 0.1) is 4.91 Å². The lowest BCUT2D eigenvalue weighted by atomic mass is 10.3. The van der Waals surface area contributed by atoms with Crippen LogP contribution in [0.15, 0.2) is 35.5 Å². The van der Waals surface area contributed by atoms with Crippen LogP contribution in [0.2, 0.25) is 0 Å². The summed E-state index contributed by atoms with van der Waals surface area (Å²) < 4.78 is 10.8.